The van der Waals surface area contributed by atoms with Crippen molar-refractivity contribution < 1.29 is 49.5 Å². The molecule has 8 rings (SSSR count). The third kappa shape index (κ3) is 7.78. The molecule has 3 atom stereocenters. The summed E-state index contributed by atoms with van der Waals surface area (Å²) >= 11 is 0. The minimum absolute atomic E-state index is 0.00521. The fourth-order valence-corrected chi connectivity index (χ4v) is 7.32. The van der Waals surface area contributed by atoms with Crippen LogP contribution in [-0.4, -0.2) is 9.97 Å². The molecule has 0 saturated carbocycles. The summed E-state index contributed by atoms with van der Waals surface area (Å²) in [5, 5.41) is 2.32. The molecule has 300 valence electrons. The Morgan fingerprint density at radius 1 is 0.586 bits per heavy atom. The highest BCUT2D eigenvalue weighted by Gasteiger charge is 2.25. The molecular weight excluding hydrogens is 713 g/mol. The molecule has 0 spiro atoms. The molecule has 0 bridgehead atoms. The number of hydrogen-bond acceptors (Lipinski definition) is 4. The lowest BCUT2D eigenvalue weighted by Crippen LogP contribution is -2.32. The van der Waals surface area contributed by atoms with Crippen LogP contribution < -0.4 is 9.13 Å². The topological polar surface area (TPSA) is 59.8 Å². The van der Waals surface area contributed by atoms with Crippen molar-refractivity contribution in [1.29, 1.82) is 0 Å². The average molecular weight is 798 g/mol. The number of pyridine rings is 4. The quantitative estimate of drug-likeness (QED) is 0.144. The first-order valence-electron chi connectivity index (χ1n) is 30.2. The van der Waals surface area contributed by atoms with E-state index in [0.717, 1.165) is 26.3 Å². The predicted molar refractivity (Wildman–Crippen MR) is 240 cm³/mol. The summed E-state index contributed by atoms with van der Waals surface area (Å²) in [5.74, 6) is -8.44. The normalized spacial score (nSPS) is 22.7. The second-order valence-electron chi connectivity index (χ2n) is 14.9. The van der Waals surface area contributed by atoms with Crippen LogP contribution in [-0.2, 0) is 26.8 Å². The first-order valence-corrected chi connectivity index (χ1v) is 18.7. The molecular formula is C52H62N4O2+2. The van der Waals surface area contributed by atoms with Gasteiger partial charge >= 0.3 is 0 Å². The van der Waals surface area contributed by atoms with Crippen molar-refractivity contribution in [2.45, 2.75) is 107 Å². The molecule has 0 saturated heterocycles. The van der Waals surface area contributed by atoms with E-state index < -0.39 is 70.6 Å². The van der Waals surface area contributed by atoms with Crippen molar-refractivity contribution in [3.63, 3.8) is 0 Å². The molecule has 0 N–H and O–H groups in total. The lowest BCUT2D eigenvalue weighted by Gasteiger charge is -2.12. The summed E-state index contributed by atoms with van der Waals surface area (Å²) in [6, 6.07) is 16.2. The van der Waals surface area contributed by atoms with E-state index in [0.29, 0.717) is 66.4 Å². The Bertz CT molecular complexity index is 3780. The average Bonchev–Trinajstić information content (AvgIpc) is 3.87. The van der Waals surface area contributed by atoms with Crippen LogP contribution in [0, 0.1) is 39.3 Å². The van der Waals surface area contributed by atoms with Gasteiger partial charge < -0.3 is 8.83 Å². The van der Waals surface area contributed by atoms with Crippen LogP contribution in [0.1, 0.15) is 143 Å². The number of rotatable bonds is 8. The summed E-state index contributed by atoms with van der Waals surface area (Å²) < 4.78 is 201. The van der Waals surface area contributed by atoms with Crippen LogP contribution in [0.15, 0.2) is 81.9 Å². The fourth-order valence-electron chi connectivity index (χ4n) is 7.32. The van der Waals surface area contributed by atoms with Gasteiger partial charge in [0.1, 0.15) is 14.1 Å². The molecule has 6 aromatic heterocycles. The van der Waals surface area contributed by atoms with Gasteiger partial charge in [-0.15, -0.1) is 0 Å². The van der Waals surface area contributed by atoms with Crippen LogP contribution >= 0.6 is 0 Å². The highest BCUT2D eigenvalue weighted by atomic mass is 16.3. The molecule has 58 heavy (non-hydrogen) atoms. The molecule has 3 unspecified atom stereocenters. The summed E-state index contributed by atoms with van der Waals surface area (Å²) in [6.07, 6.45) is -2.48. The zero-order valence-corrected chi connectivity index (χ0v) is 34.0. The molecule has 6 heterocycles. The first kappa shape index (κ1) is 21.1. The molecule has 6 heteroatoms. The Balaban J connectivity index is 0.000000234. The zero-order valence-electron chi connectivity index (χ0n) is 57.0. The summed E-state index contributed by atoms with van der Waals surface area (Å²) in [4.78, 5) is 8.62. The lowest BCUT2D eigenvalue weighted by molar-refractivity contribution is -0.660. The second kappa shape index (κ2) is 16.1. The van der Waals surface area contributed by atoms with Gasteiger partial charge in [0.25, 0.3) is 0 Å². The Labute approximate surface area is 377 Å². The molecule has 6 nitrogen and oxygen atoms in total. The van der Waals surface area contributed by atoms with Crippen molar-refractivity contribution in [3.05, 3.63) is 118 Å². The fraction of sp³-hybridized carbons (Fsp3) is 0.385. The van der Waals surface area contributed by atoms with E-state index >= 15 is 0 Å². The maximum absolute atomic E-state index is 8.70. The van der Waals surface area contributed by atoms with Gasteiger partial charge in [0.05, 0.1) is 11.1 Å². The first-order chi connectivity index (χ1) is 36.4. The maximum atomic E-state index is 8.70. The molecule has 0 amide bonds. The van der Waals surface area contributed by atoms with Gasteiger partial charge in [-0.1, -0.05) is 79.4 Å². The lowest BCUT2D eigenvalue weighted by atomic mass is 9.94. The van der Waals surface area contributed by atoms with Gasteiger partial charge in [-0.3, -0.25) is 0 Å². The van der Waals surface area contributed by atoms with Crippen molar-refractivity contribution in [3.8, 4) is 22.5 Å². The van der Waals surface area contributed by atoms with E-state index in [9.17, 15) is 0 Å². The van der Waals surface area contributed by atoms with Crippen LogP contribution in [0.5, 0.6) is 0 Å². The van der Waals surface area contributed by atoms with E-state index in [4.69, 9.17) is 40.4 Å². The number of benzene rings is 2. The summed E-state index contributed by atoms with van der Waals surface area (Å²) in [7, 11) is 3.32. The highest BCUT2D eigenvalue weighted by molar-refractivity contribution is 6.09. The van der Waals surface area contributed by atoms with E-state index in [-0.39, 0.29) is 39.5 Å². The Morgan fingerprint density at radius 2 is 1.02 bits per heavy atom. The summed E-state index contributed by atoms with van der Waals surface area (Å²) in [5.41, 5.74) is 3.92. The number of nitrogens with zero attached hydrogens (tertiary/aromatic N) is 4. The Hall–Kier alpha value is -5.36. The molecule has 0 fully saturated rings. The molecule has 0 aliphatic heterocycles. The van der Waals surface area contributed by atoms with Gasteiger partial charge in [0, 0.05) is 87.7 Å². The largest absolute Gasteiger partial charge is 0.437 e. The van der Waals surface area contributed by atoms with Crippen LogP contribution in [0.25, 0.3) is 66.7 Å². The van der Waals surface area contributed by atoms with Crippen LogP contribution in [0.2, 0.25) is 0 Å². The number of furan rings is 2. The number of aromatic nitrogens is 4. The van der Waals surface area contributed by atoms with Gasteiger partial charge in [-0.25, -0.2) is 19.1 Å². The van der Waals surface area contributed by atoms with Crippen molar-refractivity contribution >= 4 is 44.1 Å². The molecule has 0 aliphatic carbocycles. The maximum Gasteiger partial charge on any atom is 0.227 e. The predicted octanol–water partition coefficient (Wildman–Crippen LogP) is 12.8. The van der Waals surface area contributed by atoms with Gasteiger partial charge in [0.2, 0.25) is 22.8 Å². The van der Waals surface area contributed by atoms with E-state index in [1.54, 1.807) is 63.7 Å². The van der Waals surface area contributed by atoms with Crippen molar-refractivity contribution in [2.75, 3.05) is 0 Å². The Kier molecular flexibility index (Phi) is 5.85. The zero-order chi connectivity index (χ0) is 61.5. The van der Waals surface area contributed by atoms with Crippen molar-refractivity contribution in [2.24, 2.45) is 25.9 Å². The molecule has 2 aromatic carbocycles. The third-order valence-electron chi connectivity index (χ3n) is 10.1. The molecule has 0 radical (unpaired) electrons. The van der Waals surface area contributed by atoms with Crippen LogP contribution in [0.4, 0.5) is 0 Å². The van der Waals surface area contributed by atoms with Crippen LogP contribution in [0.3, 0.4) is 0 Å². The van der Waals surface area contributed by atoms with E-state index in [1.165, 1.54) is 41.2 Å². The van der Waals surface area contributed by atoms with Gasteiger partial charge in [-0.2, -0.15) is 0 Å². The minimum atomic E-state index is -2.94. The smallest absolute Gasteiger partial charge is 0.227 e. The number of hydrogen-bond donors (Lipinski definition) is 0. The molecule has 0 aliphatic rings. The van der Waals surface area contributed by atoms with Gasteiger partial charge in [-0.05, 0) is 110 Å². The van der Waals surface area contributed by atoms with E-state index in [1.807, 2.05) is 19.1 Å². The minimum Gasteiger partial charge on any atom is -0.437 e. The van der Waals surface area contributed by atoms with E-state index in [2.05, 4.69) is 9.97 Å². The highest BCUT2D eigenvalue weighted by Crippen LogP contribution is 2.39. The Morgan fingerprint density at radius 3 is 1.41 bits per heavy atom. The van der Waals surface area contributed by atoms with Crippen molar-refractivity contribution in [1.82, 2.24) is 9.97 Å². The number of fused-ring (bicyclic) bond motifs is 6. The monoisotopic (exact) mass is 798 g/mol. The summed E-state index contributed by atoms with van der Waals surface area (Å²) in [6.45, 7) is -3.69. The molecule has 8 aromatic rings. The third-order valence-corrected chi connectivity index (χ3v) is 10.1. The standard InChI is InChI=1S/2C26H31N2O/c2*1-15(2)12-19-9-11-21-20-10-8-17(5)24(25(20)29-26(21)27-19)23-13-22(16(3)4)18(6)14-28(23)7/h2*8-11,13-16H,12H2,1-7H3/q2*+1/i1D3,3D3,6D3,12D2,15D,16D;1D3,6D3,12D2,15D,16D. The number of aryl methyl sites for hydroxylation is 6. The SMILES string of the molecule is [2H]C([2H])([2H])c1c[n+](C)c(-c2c(C)ccc3c2oc2nc(C([2H])([2H])C([2H])(C)C([2H])([2H])[2H])ccc23)cc1C([2H])(C)C.[2H]C([2H])([2H])c1c[n+](C)c(-c2c(C)ccc3c2oc2nc(C([2H])([2H])C([2H])(C)C([2H])([2H])[2H])ccc23)cc1C([2H])(C)C([2H])([2H])[2H]. The second-order valence-corrected chi connectivity index (χ2v) is 14.9. The van der Waals surface area contributed by atoms with Gasteiger partial charge in [0.15, 0.2) is 23.6 Å².